The van der Waals surface area contributed by atoms with Crippen LogP contribution in [0.15, 0.2) is 48.7 Å². The van der Waals surface area contributed by atoms with Crippen molar-refractivity contribution < 1.29 is 4.74 Å². The van der Waals surface area contributed by atoms with E-state index in [2.05, 4.69) is 15.5 Å². The molecule has 1 aromatic heterocycles. The van der Waals surface area contributed by atoms with Crippen LogP contribution < -0.4 is 15.8 Å². The summed E-state index contributed by atoms with van der Waals surface area (Å²) in [6.07, 6.45) is 1.76. The number of nitrogens with two attached hydrogens (primary N) is 1. The van der Waals surface area contributed by atoms with Gasteiger partial charge in [-0.15, -0.1) is 5.10 Å². The van der Waals surface area contributed by atoms with Crippen molar-refractivity contribution >= 4 is 22.3 Å². The lowest BCUT2D eigenvalue weighted by atomic mass is 10.1. The molecular formula is C16H16N4O. The van der Waals surface area contributed by atoms with Gasteiger partial charge >= 0.3 is 0 Å². The number of fused-ring (bicyclic) bond motifs is 1. The molecule has 5 nitrogen and oxygen atoms in total. The van der Waals surface area contributed by atoms with E-state index >= 15 is 0 Å². The molecular weight excluding hydrogens is 264 g/mol. The number of ether oxygens (including phenoxy) is 1. The number of hydrogen-bond donors (Lipinski definition) is 2. The van der Waals surface area contributed by atoms with E-state index in [0.717, 1.165) is 22.2 Å². The van der Waals surface area contributed by atoms with E-state index in [1.165, 1.54) is 0 Å². The molecule has 0 saturated carbocycles. The smallest absolute Gasteiger partial charge is 0.156 e. The maximum absolute atomic E-state index is 5.91. The number of nitrogens with one attached hydrogen (secondary N) is 1. The number of aromatic nitrogens is 2. The Morgan fingerprint density at radius 3 is 2.86 bits per heavy atom. The van der Waals surface area contributed by atoms with Gasteiger partial charge in [0.1, 0.15) is 5.75 Å². The van der Waals surface area contributed by atoms with Gasteiger partial charge in [0.2, 0.25) is 0 Å². The van der Waals surface area contributed by atoms with Crippen LogP contribution in [0, 0.1) is 0 Å². The zero-order chi connectivity index (χ0) is 14.7. The SMILES string of the molecule is COc1ccc(CNc2nncc3ccccc23)cc1N. The fourth-order valence-electron chi connectivity index (χ4n) is 2.24. The minimum absolute atomic E-state index is 0.622. The standard InChI is InChI=1S/C16H16N4O/c1-21-15-7-6-11(8-14(15)17)9-18-16-13-5-3-2-4-12(13)10-19-20-16/h2-8,10H,9,17H2,1H3,(H,18,20). The molecule has 0 radical (unpaired) electrons. The number of nitrogen functional groups attached to an aromatic ring is 1. The molecule has 0 fully saturated rings. The van der Waals surface area contributed by atoms with Crippen molar-refractivity contribution in [3.05, 3.63) is 54.2 Å². The molecule has 0 amide bonds. The van der Waals surface area contributed by atoms with Gasteiger partial charge in [0.05, 0.1) is 19.0 Å². The minimum Gasteiger partial charge on any atom is -0.495 e. The highest BCUT2D eigenvalue weighted by molar-refractivity contribution is 5.90. The van der Waals surface area contributed by atoms with Crippen molar-refractivity contribution in [1.82, 2.24) is 10.2 Å². The predicted octanol–water partition coefficient (Wildman–Crippen LogP) is 2.83. The summed E-state index contributed by atoms with van der Waals surface area (Å²) in [5.41, 5.74) is 7.59. The van der Waals surface area contributed by atoms with Crippen LogP contribution in [0.5, 0.6) is 5.75 Å². The highest BCUT2D eigenvalue weighted by Crippen LogP contribution is 2.23. The third-order valence-electron chi connectivity index (χ3n) is 3.32. The van der Waals surface area contributed by atoms with Gasteiger partial charge in [-0.05, 0) is 17.7 Å². The third-order valence-corrected chi connectivity index (χ3v) is 3.32. The average Bonchev–Trinajstić information content (AvgIpc) is 2.53. The summed E-state index contributed by atoms with van der Waals surface area (Å²) in [6.45, 7) is 0.622. The molecule has 5 heteroatoms. The van der Waals surface area contributed by atoms with E-state index in [9.17, 15) is 0 Å². The van der Waals surface area contributed by atoms with E-state index < -0.39 is 0 Å². The van der Waals surface area contributed by atoms with Gasteiger partial charge in [-0.25, -0.2) is 0 Å². The van der Waals surface area contributed by atoms with E-state index in [-0.39, 0.29) is 0 Å². The van der Waals surface area contributed by atoms with Crippen molar-refractivity contribution in [3.63, 3.8) is 0 Å². The molecule has 2 aromatic carbocycles. The van der Waals surface area contributed by atoms with Crippen molar-refractivity contribution in [3.8, 4) is 5.75 Å². The number of methoxy groups -OCH3 is 1. The topological polar surface area (TPSA) is 73.1 Å². The van der Waals surface area contributed by atoms with Crippen LogP contribution in [0.4, 0.5) is 11.5 Å². The first kappa shape index (κ1) is 13.2. The van der Waals surface area contributed by atoms with Crippen molar-refractivity contribution in [2.24, 2.45) is 0 Å². The molecule has 106 valence electrons. The molecule has 3 N–H and O–H groups in total. The molecule has 3 aromatic rings. The lowest BCUT2D eigenvalue weighted by Gasteiger charge is -2.10. The lowest BCUT2D eigenvalue weighted by molar-refractivity contribution is 0.417. The van der Waals surface area contributed by atoms with Crippen LogP contribution in [-0.4, -0.2) is 17.3 Å². The van der Waals surface area contributed by atoms with Crippen LogP contribution in [-0.2, 0) is 6.54 Å². The Bertz CT molecular complexity index is 768. The van der Waals surface area contributed by atoms with Gasteiger partial charge in [0.15, 0.2) is 5.82 Å². The monoisotopic (exact) mass is 280 g/mol. The number of rotatable bonds is 4. The highest BCUT2D eigenvalue weighted by Gasteiger charge is 2.04. The van der Waals surface area contributed by atoms with Gasteiger partial charge in [0, 0.05) is 17.3 Å². The second-order valence-electron chi connectivity index (χ2n) is 4.71. The fourth-order valence-corrected chi connectivity index (χ4v) is 2.24. The molecule has 0 atom stereocenters. The highest BCUT2D eigenvalue weighted by atomic mass is 16.5. The molecule has 0 aliphatic carbocycles. The largest absolute Gasteiger partial charge is 0.495 e. The maximum Gasteiger partial charge on any atom is 0.156 e. The van der Waals surface area contributed by atoms with Gasteiger partial charge in [-0.3, -0.25) is 0 Å². The van der Waals surface area contributed by atoms with Gasteiger partial charge in [-0.1, -0.05) is 30.3 Å². The van der Waals surface area contributed by atoms with Crippen molar-refractivity contribution in [1.29, 1.82) is 0 Å². The quantitative estimate of drug-likeness (QED) is 0.719. The number of hydrogen-bond acceptors (Lipinski definition) is 5. The fraction of sp³-hybridized carbons (Fsp3) is 0.125. The van der Waals surface area contributed by atoms with Gasteiger partial charge in [-0.2, -0.15) is 5.10 Å². The summed E-state index contributed by atoms with van der Waals surface area (Å²) in [5, 5.41) is 13.6. The third kappa shape index (κ3) is 2.72. The Labute approximate surface area is 122 Å². The number of benzene rings is 2. The molecule has 0 saturated heterocycles. The minimum atomic E-state index is 0.622. The average molecular weight is 280 g/mol. The summed E-state index contributed by atoms with van der Waals surface area (Å²) in [5.74, 6) is 1.45. The van der Waals surface area contributed by atoms with E-state index in [1.54, 1.807) is 13.3 Å². The van der Waals surface area contributed by atoms with E-state index in [1.807, 2.05) is 42.5 Å². The second-order valence-corrected chi connectivity index (χ2v) is 4.71. The Morgan fingerprint density at radius 1 is 1.19 bits per heavy atom. The Morgan fingerprint density at radius 2 is 2.05 bits per heavy atom. The second kappa shape index (κ2) is 5.66. The van der Waals surface area contributed by atoms with Crippen LogP contribution in [0.1, 0.15) is 5.56 Å². The first-order chi connectivity index (χ1) is 10.3. The number of anilines is 2. The predicted molar refractivity (Wildman–Crippen MR) is 84.3 cm³/mol. The maximum atomic E-state index is 5.91. The Hall–Kier alpha value is -2.82. The molecule has 21 heavy (non-hydrogen) atoms. The molecule has 0 unspecified atom stereocenters. The van der Waals surface area contributed by atoms with Crippen molar-refractivity contribution in [2.75, 3.05) is 18.2 Å². The number of nitrogens with zero attached hydrogens (tertiary/aromatic N) is 2. The zero-order valence-electron chi connectivity index (χ0n) is 11.7. The first-order valence-electron chi connectivity index (χ1n) is 6.64. The van der Waals surface area contributed by atoms with Crippen LogP contribution in [0.2, 0.25) is 0 Å². The first-order valence-corrected chi connectivity index (χ1v) is 6.64. The van der Waals surface area contributed by atoms with E-state index in [4.69, 9.17) is 10.5 Å². The lowest BCUT2D eigenvalue weighted by Crippen LogP contribution is -2.04. The summed E-state index contributed by atoms with van der Waals surface area (Å²) < 4.78 is 5.15. The molecule has 0 aliphatic heterocycles. The van der Waals surface area contributed by atoms with E-state index in [0.29, 0.717) is 18.0 Å². The van der Waals surface area contributed by atoms with Crippen LogP contribution in [0.25, 0.3) is 10.8 Å². The molecule has 0 bridgehead atoms. The zero-order valence-corrected chi connectivity index (χ0v) is 11.7. The van der Waals surface area contributed by atoms with Crippen molar-refractivity contribution in [2.45, 2.75) is 6.54 Å². The summed E-state index contributed by atoms with van der Waals surface area (Å²) in [6, 6.07) is 13.7. The Kier molecular flexibility index (Phi) is 3.55. The van der Waals surface area contributed by atoms with Crippen LogP contribution >= 0.6 is 0 Å². The normalized spacial score (nSPS) is 10.5. The van der Waals surface area contributed by atoms with Gasteiger partial charge < -0.3 is 15.8 Å². The summed E-state index contributed by atoms with van der Waals surface area (Å²) in [4.78, 5) is 0. The molecule has 3 rings (SSSR count). The van der Waals surface area contributed by atoms with Crippen LogP contribution in [0.3, 0.4) is 0 Å². The summed E-state index contributed by atoms with van der Waals surface area (Å²) >= 11 is 0. The molecule has 0 spiro atoms. The van der Waals surface area contributed by atoms with Gasteiger partial charge in [0.25, 0.3) is 0 Å². The molecule has 1 heterocycles. The molecule has 0 aliphatic rings. The summed E-state index contributed by atoms with van der Waals surface area (Å²) in [7, 11) is 1.61. The Balaban J connectivity index is 1.82.